The summed E-state index contributed by atoms with van der Waals surface area (Å²) < 4.78 is 6.44. The van der Waals surface area contributed by atoms with Gasteiger partial charge in [-0.2, -0.15) is 0 Å². The minimum absolute atomic E-state index is 0.283. The molecule has 40 heavy (non-hydrogen) atoms. The van der Waals surface area contributed by atoms with Crippen molar-refractivity contribution in [2.45, 2.75) is 0 Å². The Labute approximate surface area is 228 Å². The molecule has 8 heteroatoms. The van der Waals surface area contributed by atoms with Crippen LogP contribution in [0.15, 0.2) is 131 Å². The summed E-state index contributed by atoms with van der Waals surface area (Å²) >= 11 is 0. The number of hydrogen-bond acceptors (Lipinski definition) is 4. The molecule has 0 saturated carbocycles. The van der Waals surface area contributed by atoms with Crippen LogP contribution in [0.4, 0.5) is 11.4 Å². The molecule has 0 aliphatic heterocycles. The standard InChI is InChI=1S/C32H24N6O2/c33-23-19-24(34)30(38-28-18-10-8-16-26(28)36(32(38)40)22-13-5-2-6-14-22)20-29(23)37-27-17-9-7-15-25(27)35(31(37)39)21-11-3-1-4-12-21/h1-20H,33-34H2. The van der Waals surface area contributed by atoms with Gasteiger partial charge >= 0.3 is 11.4 Å². The molecule has 0 unspecified atom stereocenters. The molecule has 0 atom stereocenters. The summed E-state index contributed by atoms with van der Waals surface area (Å²) in [5, 5.41) is 0. The summed E-state index contributed by atoms with van der Waals surface area (Å²) in [6.07, 6.45) is 0. The number of rotatable bonds is 4. The van der Waals surface area contributed by atoms with Gasteiger partial charge in [0.1, 0.15) is 0 Å². The number of fused-ring (bicyclic) bond motifs is 2. The van der Waals surface area contributed by atoms with Crippen molar-refractivity contribution in [2.24, 2.45) is 0 Å². The first kappa shape index (κ1) is 23.4. The Kier molecular flexibility index (Phi) is 5.21. The number of benzene rings is 5. The van der Waals surface area contributed by atoms with E-state index in [0.29, 0.717) is 33.8 Å². The second-order valence-corrected chi connectivity index (χ2v) is 9.53. The Morgan fingerprint density at radius 3 is 1.10 bits per heavy atom. The summed E-state index contributed by atoms with van der Waals surface area (Å²) in [6.45, 7) is 0. The average Bonchev–Trinajstić information content (AvgIpc) is 3.44. The minimum atomic E-state index is -0.283. The van der Waals surface area contributed by atoms with E-state index in [1.165, 1.54) is 0 Å². The SMILES string of the molecule is Nc1cc(N)c(-n2c(=O)n(-c3ccccc3)c3ccccc32)cc1-n1c(=O)n(-c2ccccc2)c2ccccc21. The number of hydrogen-bond donors (Lipinski definition) is 2. The summed E-state index contributed by atoms with van der Waals surface area (Å²) in [7, 11) is 0. The molecule has 194 valence electrons. The highest BCUT2D eigenvalue weighted by Crippen LogP contribution is 2.31. The number of nitrogens with two attached hydrogens (primary N) is 2. The third-order valence-electron chi connectivity index (χ3n) is 7.18. The summed E-state index contributed by atoms with van der Waals surface area (Å²) in [6, 6.07) is 37.3. The Morgan fingerprint density at radius 1 is 0.400 bits per heavy atom. The zero-order chi connectivity index (χ0) is 27.4. The number of para-hydroxylation sites is 6. The van der Waals surface area contributed by atoms with Gasteiger partial charge in [0.25, 0.3) is 0 Å². The van der Waals surface area contributed by atoms with E-state index < -0.39 is 0 Å². The van der Waals surface area contributed by atoms with E-state index in [0.717, 1.165) is 22.4 Å². The van der Waals surface area contributed by atoms with E-state index in [2.05, 4.69) is 0 Å². The zero-order valence-electron chi connectivity index (χ0n) is 21.3. The van der Waals surface area contributed by atoms with Crippen LogP contribution in [-0.2, 0) is 0 Å². The first-order valence-corrected chi connectivity index (χ1v) is 12.8. The quantitative estimate of drug-likeness (QED) is 0.315. The monoisotopic (exact) mass is 524 g/mol. The number of imidazole rings is 2. The molecule has 2 aromatic heterocycles. The normalized spacial score (nSPS) is 11.4. The number of nitrogen functional groups attached to an aromatic ring is 2. The number of nitrogens with zero attached hydrogens (tertiary/aromatic N) is 4. The van der Waals surface area contributed by atoms with Crippen molar-refractivity contribution in [2.75, 3.05) is 11.5 Å². The molecular formula is C32H24N6O2. The Hall–Kier alpha value is -5.76. The fourth-order valence-electron chi connectivity index (χ4n) is 5.41. The van der Waals surface area contributed by atoms with Crippen molar-refractivity contribution in [3.8, 4) is 22.7 Å². The Bertz CT molecular complexity index is 2020. The maximum atomic E-state index is 14.0. The molecule has 8 nitrogen and oxygen atoms in total. The highest BCUT2D eigenvalue weighted by molar-refractivity contribution is 5.86. The van der Waals surface area contributed by atoms with E-state index in [1.54, 1.807) is 30.4 Å². The summed E-state index contributed by atoms with van der Waals surface area (Å²) in [4.78, 5) is 28.0. The maximum Gasteiger partial charge on any atom is 0.338 e. The third-order valence-corrected chi connectivity index (χ3v) is 7.18. The van der Waals surface area contributed by atoms with Crippen molar-refractivity contribution in [3.63, 3.8) is 0 Å². The Balaban J connectivity index is 1.54. The largest absolute Gasteiger partial charge is 0.397 e. The lowest BCUT2D eigenvalue weighted by atomic mass is 10.2. The highest BCUT2D eigenvalue weighted by Gasteiger charge is 2.22. The van der Waals surface area contributed by atoms with E-state index in [-0.39, 0.29) is 11.4 Å². The lowest BCUT2D eigenvalue weighted by Gasteiger charge is -2.14. The van der Waals surface area contributed by atoms with Crippen LogP contribution < -0.4 is 22.8 Å². The third kappa shape index (κ3) is 3.40. The van der Waals surface area contributed by atoms with Crippen molar-refractivity contribution in [3.05, 3.63) is 142 Å². The van der Waals surface area contributed by atoms with Crippen LogP contribution in [0.25, 0.3) is 44.8 Å². The van der Waals surface area contributed by atoms with Crippen LogP contribution in [0, 0.1) is 0 Å². The van der Waals surface area contributed by atoms with Crippen LogP contribution in [-0.4, -0.2) is 18.3 Å². The highest BCUT2D eigenvalue weighted by atomic mass is 16.2. The molecule has 2 heterocycles. The van der Waals surface area contributed by atoms with Crippen LogP contribution in [0.2, 0.25) is 0 Å². The van der Waals surface area contributed by atoms with Gasteiger partial charge < -0.3 is 11.5 Å². The van der Waals surface area contributed by atoms with Crippen molar-refractivity contribution in [1.29, 1.82) is 0 Å². The molecule has 0 aliphatic carbocycles. The van der Waals surface area contributed by atoms with Crippen LogP contribution in [0.3, 0.4) is 0 Å². The molecule has 7 rings (SSSR count). The molecule has 5 aromatic carbocycles. The number of anilines is 2. The van der Waals surface area contributed by atoms with Gasteiger partial charge in [0.05, 0.1) is 56.2 Å². The second kappa shape index (κ2) is 8.92. The van der Waals surface area contributed by atoms with Crippen LogP contribution in [0.5, 0.6) is 0 Å². The molecule has 0 fully saturated rings. The summed E-state index contributed by atoms with van der Waals surface area (Å²) in [5.41, 5.74) is 18.3. The van der Waals surface area contributed by atoms with Gasteiger partial charge in [0, 0.05) is 0 Å². The van der Waals surface area contributed by atoms with E-state index in [9.17, 15) is 9.59 Å². The first-order chi connectivity index (χ1) is 19.5. The molecule has 0 amide bonds. The molecule has 4 N–H and O–H groups in total. The Morgan fingerprint density at radius 2 is 0.725 bits per heavy atom. The second-order valence-electron chi connectivity index (χ2n) is 9.53. The van der Waals surface area contributed by atoms with Gasteiger partial charge in [-0.15, -0.1) is 0 Å². The fraction of sp³-hybridized carbons (Fsp3) is 0. The van der Waals surface area contributed by atoms with Crippen LogP contribution >= 0.6 is 0 Å². The van der Waals surface area contributed by atoms with Gasteiger partial charge in [-0.3, -0.25) is 18.3 Å². The number of aromatic nitrogens is 4. The first-order valence-electron chi connectivity index (χ1n) is 12.8. The van der Waals surface area contributed by atoms with Crippen molar-refractivity contribution < 1.29 is 0 Å². The predicted molar refractivity (Wildman–Crippen MR) is 160 cm³/mol. The van der Waals surface area contributed by atoms with Crippen molar-refractivity contribution in [1.82, 2.24) is 18.3 Å². The predicted octanol–water partition coefficient (Wildman–Crippen LogP) is 5.04. The summed E-state index contributed by atoms with van der Waals surface area (Å²) in [5.74, 6) is 0. The fourth-order valence-corrected chi connectivity index (χ4v) is 5.41. The molecule has 0 saturated heterocycles. The van der Waals surface area contributed by atoms with Gasteiger partial charge in [0.2, 0.25) is 0 Å². The van der Waals surface area contributed by atoms with Crippen molar-refractivity contribution >= 4 is 33.4 Å². The molecule has 0 radical (unpaired) electrons. The topological polar surface area (TPSA) is 106 Å². The lowest BCUT2D eigenvalue weighted by molar-refractivity contribution is 0.916. The van der Waals surface area contributed by atoms with Gasteiger partial charge in [-0.1, -0.05) is 60.7 Å². The van der Waals surface area contributed by atoms with Gasteiger partial charge in [-0.05, 0) is 60.7 Å². The van der Waals surface area contributed by atoms with E-state index in [1.807, 2.05) is 109 Å². The molecule has 0 aliphatic rings. The van der Waals surface area contributed by atoms with Gasteiger partial charge in [0.15, 0.2) is 0 Å². The van der Waals surface area contributed by atoms with Crippen LogP contribution in [0.1, 0.15) is 0 Å². The smallest absolute Gasteiger partial charge is 0.338 e. The average molecular weight is 525 g/mol. The minimum Gasteiger partial charge on any atom is -0.397 e. The molecular weight excluding hydrogens is 500 g/mol. The van der Waals surface area contributed by atoms with E-state index in [4.69, 9.17) is 11.5 Å². The maximum absolute atomic E-state index is 14.0. The van der Waals surface area contributed by atoms with E-state index >= 15 is 0 Å². The molecule has 0 spiro atoms. The molecule has 7 aromatic rings. The van der Waals surface area contributed by atoms with Gasteiger partial charge in [-0.25, -0.2) is 9.59 Å². The lowest BCUT2D eigenvalue weighted by Crippen LogP contribution is -2.25. The zero-order valence-corrected chi connectivity index (χ0v) is 21.3. The molecule has 0 bridgehead atoms.